The molecule has 1 aromatic heterocycles. The zero-order chi connectivity index (χ0) is 28.7. The average molecular weight is 554 g/mol. The quantitative estimate of drug-likeness (QED) is 0.0663. The van der Waals surface area contributed by atoms with Crippen LogP contribution in [-0.4, -0.2) is 43.5 Å². The van der Waals surface area contributed by atoms with Gasteiger partial charge in [0.1, 0.15) is 5.69 Å². The minimum atomic E-state index is -0.187. The third-order valence-electron chi connectivity index (χ3n) is 6.00. The maximum atomic E-state index is 12.2. The van der Waals surface area contributed by atoms with E-state index in [0.717, 1.165) is 58.5 Å². The summed E-state index contributed by atoms with van der Waals surface area (Å²) >= 11 is 1.42. The van der Waals surface area contributed by atoms with Crippen molar-refractivity contribution < 1.29 is 14.3 Å². The van der Waals surface area contributed by atoms with E-state index in [-0.39, 0.29) is 5.91 Å². The van der Waals surface area contributed by atoms with Crippen LogP contribution in [0.2, 0.25) is 0 Å². The SMILES string of the molecule is C#C/C=C(Sc1ccc2c(C#Cc3ccc(CCCC(=C)OCCCOC)cc3)[nH]nc2c1)\C(=C/C)C(=O)NC. The van der Waals surface area contributed by atoms with Crippen molar-refractivity contribution in [3.63, 3.8) is 0 Å². The summed E-state index contributed by atoms with van der Waals surface area (Å²) < 4.78 is 10.7. The number of terminal acetylenes is 1. The fourth-order valence-electron chi connectivity index (χ4n) is 3.91. The molecule has 0 aliphatic rings. The minimum absolute atomic E-state index is 0.187. The molecule has 3 rings (SSSR count). The minimum Gasteiger partial charge on any atom is -0.498 e. The summed E-state index contributed by atoms with van der Waals surface area (Å²) in [6, 6.07) is 14.2. The summed E-state index contributed by atoms with van der Waals surface area (Å²) in [7, 11) is 3.29. The maximum Gasteiger partial charge on any atom is 0.251 e. The van der Waals surface area contributed by atoms with Crippen molar-refractivity contribution in [2.24, 2.45) is 0 Å². The Labute approximate surface area is 241 Å². The second-order valence-electron chi connectivity index (χ2n) is 8.87. The van der Waals surface area contributed by atoms with Crippen molar-refractivity contribution in [2.45, 2.75) is 37.5 Å². The number of likely N-dealkylation sites (N-methyl/N-ethyl adjacent to an activating group) is 1. The number of carbonyl (C=O) groups is 1. The van der Waals surface area contributed by atoms with Crippen LogP contribution < -0.4 is 5.32 Å². The Morgan fingerprint density at radius 1 is 1.18 bits per heavy atom. The van der Waals surface area contributed by atoms with Gasteiger partial charge in [-0.05, 0) is 61.6 Å². The fraction of sp³-hybridized carbons (Fsp3) is 0.273. The average Bonchev–Trinajstić information content (AvgIpc) is 3.37. The van der Waals surface area contributed by atoms with E-state index in [2.05, 4.69) is 52.0 Å². The largest absolute Gasteiger partial charge is 0.498 e. The lowest BCUT2D eigenvalue weighted by Gasteiger charge is -2.09. The molecule has 2 aromatic carbocycles. The van der Waals surface area contributed by atoms with E-state index in [1.54, 1.807) is 26.3 Å². The summed E-state index contributed by atoms with van der Waals surface area (Å²) in [6.07, 6.45) is 12.5. The van der Waals surface area contributed by atoms with Crippen molar-refractivity contribution in [3.8, 4) is 24.2 Å². The van der Waals surface area contributed by atoms with Crippen molar-refractivity contribution in [2.75, 3.05) is 27.4 Å². The summed E-state index contributed by atoms with van der Waals surface area (Å²) in [5, 5.41) is 11.1. The Hall–Kier alpha value is -4.17. The summed E-state index contributed by atoms with van der Waals surface area (Å²) in [5.74, 6) is 9.60. The number of hydrogen-bond acceptors (Lipinski definition) is 5. The standard InChI is InChI=1S/C33H35N3O3S/c1-6-10-32(28(7-2)33(37)34-4)40-27-18-19-29-30(35-36-31(29)23-27)20-17-26-15-13-25(14-16-26)12-8-11-24(3)39-22-9-21-38-5/h1,7,10,13-16,18-19,23H,3,8-9,11-12,21-22H2,2,4-5H3,(H,34,37)(H,35,36)/b28-7+,32-10+. The van der Waals surface area contributed by atoms with Crippen molar-refractivity contribution in [1.29, 1.82) is 0 Å². The number of H-pyrrole nitrogens is 1. The lowest BCUT2D eigenvalue weighted by atomic mass is 10.1. The molecule has 0 spiro atoms. The van der Waals surface area contributed by atoms with Crippen LogP contribution in [0.3, 0.4) is 0 Å². The van der Waals surface area contributed by atoms with Crippen LogP contribution in [-0.2, 0) is 20.7 Å². The zero-order valence-electron chi connectivity index (χ0n) is 23.3. The second kappa shape index (κ2) is 16.1. The zero-order valence-corrected chi connectivity index (χ0v) is 24.1. The molecular weight excluding hydrogens is 518 g/mol. The number of aromatic amines is 1. The molecule has 0 bridgehead atoms. The highest BCUT2D eigenvalue weighted by Crippen LogP contribution is 2.33. The number of nitrogens with zero attached hydrogens (tertiary/aromatic N) is 1. The van der Waals surface area contributed by atoms with Gasteiger partial charge in [-0.15, -0.1) is 6.42 Å². The molecular formula is C33H35N3O3S. The Balaban J connectivity index is 1.61. The number of fused-ring (bicyclic) bond motifs is 1. The Morgan fingerprint density at radius 2 is 1.98 bits per heavy atom. The van der Waals surface area contributed by atoms with E-state index in [1.807, 2.05) is 37.3 Å². The molecule has 40 heavy (non-hydrogen) atoms. The molecule has 0 radical (unpaired) electrons. The molecule has 0 saturated heterocycles. The molecule has 7 heteroatoms. The summed E-state index contributed by atoms with van der Waals surface area (Å²) in [5.41, 5.74) is 4.25. The van der Waals surface area contributed by atoms with Crippen molar-refractivity contribution in [1.82, 2.24) is 15.5 Å². The third kappa shape index (κ3) is 8.95. The topological polar surface area (TPSA) is 76.2 Å². The first-order valence-corrected chi connectivity index (χ1v) is 13.9. The lowest BCUT2D eigenvalue weighted by molar-refractivity contribution is -0.116. The van der Waals surface area contributed by atoms with Gasteiger partial charge in [-0.2, -0.15) is 5.10 Å². The van der Waals surface area contributed by atoms with Crippen molar-refractivity contribution in [3.05, 3.63) is 94.3 Å². The first-order chi connectivity index (χ1) is 19.5. The molecule has 0 aliphatic carbocycles. The molecule has 3 aromatic rings. The number of ether oxygens (including phenoxy) is 2. The molecule has 2 N–H and O–H groups in total. The normalized spacial score (nSPS) is 11.4. The Kier molecular flexibility index (Phi) is 12.2. The van der Waals surface area contributed by atoms with Gasteiger partial charge < -0.3 is 14.8 Å². The molecule has 0 unspecified atom stereocenters. The van der Waals surface area contributed by atoms with Crippen LogP contribution in [0.1, 0.15) is 43.0 Å². The fourth-order valence-corrected chi connectivity index (χ4v) is 4.91. The van der Waals surface area contributed by atoms with Gasteiger partial charge in [-0.1, -0.05) is 48.4 Å². The van der Waals surface area contributed by atoms with Gasteiger partial charge in [0.15, 0.2) is 0 Å². The molecule has 0 saturated carbocycles. The van der Waals surface area contributed by atoms with Crippen LogP contribution in [0.4, 0.5) is 0 Å². The van der Waals surface area contributed by atoms with Gasteiger partial charge in [-0.3, -0.25) is 9.89 Å². The van der Waals surface area contributed by atoms with Crippen LogP contribution in [0.5, 0.6) is 0 Å². The predicted molar refractivity (Wildman–Crippen MR) is 164 cm³/mol. The summed E-state index contributed by atoms with van der Waals surface area (Å²) in [6.45, 7) is 7.15. The Bertz CT molecular complexity index is 1480. The number of thioether (sulfide) groups is 1. The first-order valence-electron chi connectivity index (χ1n) is 13.1. The number of nitrogens with one attached hydrogen (secondary N) is 2. The highest BCUT2D eigenvalue weighted by atomic mass is 32.2. The van der Waals surface area contributed by atoms with Crippen LogP contribution in [0.15, 0.2) is 82.3 Å². The van der Waals surface area contributed by atoms with E-state index in [9.17, 15) is 4.79 Å². The van der Waals surface area contributed by atoms with Crippen molar-refractivity contribution >= 4 is 28.6 Å². The number of amides is 1. The lowest BCUT2D eigenvalue weighted by Crippen LogP contribution is -2.20. The van der Waals surface area contributed by atoms with Gasteiger partial charge in [0, 0.05) is 66.0 Å². The van der Waals surface area contributed by atoms with Gasteiger partial charge in [0.05, 0.1) is 17.9 Å². The molecule has 0 fully saturated rings. The summed E-state index contributed by atoms with van der Waals surface area (Å²) in [4.78, 5) is 13.9. The van der Waals surface area contributed by atoms with E-state index < -0.39 is 0 Å². The monoisotopic (exact) mass is 553 g/mol. The Morgan fingerprint density at radius 3 is 2.67 bits per heavy atom. The second-order valence-corrected chi connectivity index (χ2v) is 9.99. The first kappa shape index (κ1) is 30.4. The predicted octanol–water partition coefficient (Wildman–Crippen LogP) is 6.15. The number of rotatable bonds is 13. The number of carbonyl (C=O) groups excluding carboxylic acids is 1. The van der Waals surface area contributed by atoms with Crippen LogP contribution in [0.25, 0.3) is 10.9 Å². The van der Waals surface area contributed by atoms with Gasteiger partial charge in [-0.25, -0.2) is 0 Å². The van der Waals surface area contributed by atoms with E-state index in [0.29, 0.717) is 23.7 Å². The van der Waals surface area contributed by atoms with Gasteiger partial charge in [0.2, 0.25) is 0 Å². The van der Waals surface area contributed by atoms with E-state index >= 15 is 0 Å². The van der Waals surface area contributed by atoms with E-state index in [1.165, 1.54) is 17.3 Å². The molecule has 1 heterocycles. The van der Waals surface area contributed by atoms with Gasteiger partial charge in [0.25, 0.3) is 5.91 Å². The third-order valence-corrected chi connectivity index (χ3v) is 7.05. The number of benzene rings is 2. The number of methoxy groups -OCH3 is 1. The van der Waals surface area contributed by atoms with Crippen LogP contribution >= 0.6 is 11.8 Å². The number of aromatic nitrogens is 2. The molecule has 0 atom stereocenters. The number of aryl methyl sites for hydroxylation is 1. The maximum absolute atomic E-state index is 12.2. The molecule has 6 nitrogen and oxygen atoms in total. The van der Waals surface area contributed by atoms with Crippen LogP contribution in [0, 0.1) is 24.2 Å². The number of allylic oxidation sites excluding steroid dienone is 3. The molecule has 1 amide bonds. The highest BCUT2D eigenvalue weighted by Gasteiger charge is 2.14. The number of hydrogen-bond donors (Lipinski definition) is 2. The van der Waals surface area contributed by atoms with Gasteiger partial charge >= 0.3 is 0 Å². The van der Waals surface area contributed by atoms with E-state index in [4.69, 9.17) is 15.9 Å². The molecule has 0 aliphatic heterocycles. The molecule has 206 valence electrons. The highest BCUT2D eigenvalue weighted by molar-refractivity contribution is 8.03. The smallest absolute Gasteiger partial charge is 0.251 e.